The SMILES string of the molecule is COc1cccc(N(CCF)CCCN)c1. The van der Waals surface area contributed by atoms with Crippen LogP contribution in [0.3, 0.4) is 0 Å². The molecule has 1 aromatic carbocycles. The Balaban J connectivity index is 2.73. The van der Waals surface area contributed by atoms with E-state index in [4.69, 9.17) is 10.5 Å². The zero-order valence-electron chi connectivity index (χ0n) is 9.66. The molecule has 0 atom stereocenters. The number of ether oxygens (including phenoxy) is 1. The third-order valence-corrected chi connectivity index (χ3v) is 2.41. The molecule has 0 radical (unpaired) electrons. The molecule has 0 unspecified atom stereocenters. The summed E-state index contributed by atoms with van der Waals surface area (Å²) < 4.78 is 17.6. The molecule has 16 heavy (non-hydrogen) atoms. The van der Waals surface area contributed by atoms with E-state index in [9.17, 15) is 4.39 Å². The molecule has 2 N–H and O–H groups in total. The zero-order valence-corrected chi connectivity index (χ0v) is 9.66. The minimum absolute atomic E-state index is 0.359. The summed E-state index contributed by atoms with van der Waals surface area (Å²) in [5.41, 5.74) is 6.44. The minimum atomic E-state index is -0.359. The topological polar surface area (TPSA) is 38.5 Å². The van der Waals surface area contributed by atoms with Crippen LogP contribution in [0.25, 0.3) is 0 Å². The second-order valence-electron chi connectivity index (χ2n) is 3.52. The van der Waals surface area contributed by atoms with Gasteiger partial charge in [0.05, 0.1) is 7.11 Å². The van der Waals surface area contributed by atoms with Crippen molar-refractivity contribution >= 4 is 5.69 Å². The highest BCUT2D eigenvalue weighted by Crippen LogP contribution is 2.20. The lowest BCUT2D eigenvalue weighted by Gasteiger charge is -2.23. The van der Waals surface area contributed by atoms with Crippen molar-refractivity contribution in [2.45, 2.75) is 6.42 Å². The average Bonchev–Trinajstić information content (AvgIpc) is 2.34. The van der Waals surface area contributed by atoms with E-state index < -0.39 is 0 Å². The fraction of sp³-hybridized carbons (Fsp3) is 0.500. The van der Waals surface area contributed by atoms with E-state index in [1.54, 1.807) is 7.11 Å². The van der Waals surface area contributed by atoms with Crippen molar-refractivity contribution in [3.8, 4) is 5.75 Å². The van der Waals surface area contributed by atoms with Crippen molar-refractivity contribution in [2.75, 3.05) is 38.3 Å². The first-order valence-electron chi connectivity index (χ1n) is 5.47. The predicted molar refractivity (Wildman–Crippen MR) is 64.9 cm³/mol. The molecule has 0 aliphatic rings. The number of halogens is 1. The lowest BCUT2D eigenvalue weighted by molar-refractivity contribution is 0.414. The summed E-state index contributed by atoms with van der Waals surface area (Å²) in [4.78, 5) is 1.98. The Bertz CT molecular complexity index is 307. The number of hydrogen-bond donors (Lipinski definition) is 1. The van der Waals surface area contributed by atoms with E-state index in [1.165, 1.54) is 0 Å². The number of hydrogen-bond acceptors (Lipinski definition) is 3. The molecule has 0 spiro atoms. The van der Waals surface area contributed by atoms with Gasteiger partial charge in [-0.2, -0.15) is 0 Å². The molecule has 0 heterocycles. The minimum Gasteiger partial charge on any atom is -0.497 e. The van der Waals surface area contributed by atoms with E-state index >= 15 is 0 Å². The number of rotatable bonds is 7. The Morgan fingerprint density at radius 1 is 1.38 bits per heavy atom. The molecule has 0 saturated heterocycles. The van der Waals surface area contributed by atoms with Crippen molar-refractivity contribution in [2.24, 2.45) is 5.73 Å². The lowest BCUT2D eigenvalue weighted by Crippen LogP contribution is -2.28. The van der Waals surface area contributed by atoms with Crippen LogP contribution in [0.15, 0.2) is 24.3 Å². The summed E-state index contributed by atoms with van der Waals surface area (Å²) in [5, 5.41) is 0. The third kappa shape index (κ3) is 3.70. The Morgan fingerprint density at radius 3 is 2.81 bits per heavy atom. The summed E-state index contributed by atoms with van der Waals surface area (Å²) in [7, 11) is 1.62. The van der Waals surface area contributed by atoms with Crippen LogP contribution >= 0.6 is 0 Å². The van der Waals surface area contributed by atoms with Crippen molar-refractivity contribution < 1.29 is 9.13 Å². The Morgan fingerprint density at radius 2 is 2.19 bits per heavy atom. The molecule has 1 rings (SSSR count). The van der Waals surface area contributed by atoms with Crippen molar-refractivity contribution in [1.29, 1.82) is 0 Å². The Labute approximate surface area is 96.0 Å². The van der Waals surface area contributed by atoms with Gasteiger partial charge in [0, 0.05) is 24.8 Å². The molecule has 3 nitrogen and oxygen atoms in total. The fourth-order valence-electron chi connectivity index (χ4n) is 1.56. The Kier molecular flexibility index (Phi) is 5.64. The van der Waals surface area contributed by atoms with E-state index in [2.05, 4.69) is 0 Å². The fourth-order valence-corrected chi connectivity index (χ4v) is 1.56. The number of alkyl halides is 1. The number of methoxy groups -OCH3 is 1. The highest BCUT2D eigenvalue weighted by molar-refractivity contribution is 5.50. The van der Waals surface area contributed by atoms with Gasteiger partial charge in [0.1, 0.15) is 12.4 Å². The van der Waals surface area contributed by atoms with Crippen molar-refractivity contribution in [1.82, 2.24) is 0 Å². The summed E-state index contributed by atoms with van der Waals surface area (Å²) in [6.07, 6.45) is 0.858. The van der Waals surface area contributed by atoms with Crippen LogP contribution in [0, 0.1) is 0 Å². The van der Waals surface area contributed by atoms with Crippen LogP contribution in [0.2, 0.25) is 0 Å². The maximum atomic E-state index is 12.4. The zero-order chi connectivity index (χ0) is 11.8. The number of nitrogens with two attached hydrogens (primary N) is 1. The first-order valence-corrected chi connectivity index (χ1v) is 5.47. The maximum Gasteiger partial charge on any atom is 0.120 e. The molecule has 0 fully saturated rings. The van der Waals surface area contributed by atoms with Gasteiger partial charge < -0.3 is 15.4 Å². The first-order chi connectivity index (χ1) is 7.81. The van der Waals surface area contributed by atoms with E-state index in [-0.39, 0.29) is 6.67 Å². The first kappa shape index (κ1) is 12.8. The van der Waals surface area contributed by atoms with Gasteiger partial charge in [0.25, 0.3) is 0 Å². The molecule has 0 aliphatic carbocycles. The van der Waals surface area contributed by atoms with Crippen LogP contribution in [-0.4, -0.2) is 33.4 Å². The van der Waals surface area contributed by atoms with Gasteiger partial charge in [-0.25, -0.2) is 4.39 Å². The quantitative estimate of drug-likeness (QED) is 0.770. The third-order valence-electron chi connectivity index (χ3n) is 2.41. The van der Waals surface area contributed by atoms with Crippen LogP contribution in [-0.2, 0) is 0 Å². The summed E-state index contributed by atoms with van der Waals surface area (Å²) in [6.45, 7) is 1.43. The van der Waals surface area contributed by atoms with Crippen LogP contribution in [0.4, 0.5) is 10.1 Å². The van der Waals surface area contributed by atoms with Gasteiger partial charge in [0.2, 0.25) is 0 Å². The maximum absolute atomic E-state index is 12.4. The molecule has 90 valence electrons. The molecular formula is C12H19FN2O. The van der Waals surface area contributed by atoms with Crippen molar-refractivity contribution in [3.05, 3.63) is 24.3 Å². The molecule has 0 aliphatic heterocycles. The standard InChI is InChI=1S/C12H19FN2O/c1-16-12-5-2-4-11(10-12)15(9-6-13)8-3-7-14/h2,4-5,10H,3,6-9,14H2,1H3. The summed E-state index contributed by atoms with van der Waals surface area (Å²) >= 11 is 0. The molecule has 1 aromatic rings. The van der Waals surface area contributed by atoms with E-state index in [1.807, 2.05) is 29.2 Å². The average molecular weight is 226 g/mol. The van der Waals surface area contributed by atoms with Gasteiger partial charge in [-0.1, -0.05) is 6.07 Å². The van der Waals surface area contributed by atoms with Crippen molar-refractivity contribution in [3.63, 3.8) is 0 Å². The number of nitrogens with zero attached hydrogens (tertiary/aromatic N) is 1. The van der Waals surface area contributed by atoms with Gasteiger partial charge in [0.15, 0.2) is 0 Å². The van der Waals surface area contributed by atoms with Crippen LogP contribution in [0.1, 0.15) is 6.42 Å². The lowest BCUT2D eigenvalue weighted by atomic mass is 10.2. The smallest absolute Gasteiger partial charge is 0.120 e. The second-order valence-corrected chi connectivity index (χ2v) is 3.52. The largest absolute Gasteiger partial charge is 0.497 e. The molecule has 0 aromatic heterocycles. The van der Waals surface area contributed by atoms with Gasteiger partial charge in [-0.05, 0) is 25.1 Å². The van der Waals surface area contributed by atoms with E-state index in [0.29, 0.717) is 13.1 Å². The Hall–Kier alpha value is -1.29. The van der Waals surface area contributed by atoms with Gasteiger partial charge in [-0.3, -0.25) is 0 Å². The molecule has 0 amide bonds. The molecule has 0 bridgehead atoms. The monoisotopic (exact) mass is 226 g/mol. The van der Waals surface area contributed by atoms with Crippen LogP contribution in [0.5, 0.6) is 5.75 Å². The molecule has 4 heteroatoms. The highest BCUT2D eigenvalue weighted by atomic mass is 19.1. The number of anilines is 1. The van der Waals surface area contributed by atoms with Gasteiger partial charge >= 0.3 is 0 Å². The van der Waals surface area contributed by atoms with E-state index in [0.717, 1.165) is 24.4 Å². The molecular weight excluding hydrogens is 207 g/mol. The van der Waals surface area contributed by atoms with Gasteiger partial charge in [-0.15, -0.1) is 0 Å². The van der Waals surface area contributed by atoms with Crippen LogP contribution < -0.4 is 15.4 Å². The second kappa shape index (κ2) is 7.06. The normalized spacial score (nSPS) is 10.2. The highest BCUT2D eigenvalue weighted by Gasteiger charge is 2.06. The number of benzene rings is 1. The predicted octanol–water partition coefficient (Wildman–Crippen LogP) is 1.82. The summed E-state index contributed by atoms with van der Waals surface area (Å²) in [6, 6.07) is 7.64. The molecule has 0 saturated carbocycles. The summed E-state index contributed by atoms with van der Waals surface area (Å²) in [5.74, 6) is 0.786.